The van der Waals surface area contributed by atoms with E-state index in [1.165, 1.54) is 0 Å². The van der Waals surface area contributed by atoms with E-state index >= 15 is 0 Å². The molecule has 24 heavy (non-hydrogen) atoms. The number of hydrogen-bond acceptors (Lipinski definition) is 3. The van der Waals surface area contributed by atoms with E-state index in [0.29, 0.717) is 35.6 Å². The van der Waals surface area contributed by atoms with Crippen molar-refractivity contribution < 1.29 is 21.6 Å². The second kappa shape index (κ2) is 8.37. The zero-order chi connectivity index (χ0) is 18.5. The Morgan fingerprint density at radius 2 is 1.79 bits per heavy atom. The summed E-state index contributed by atoms with van der Waals surface area (Å²) in [5.74, 6) is 1.18. The molecule has 1 fully saturated rings. The fraction of sp³-hybridized carbons (Fsp3) is 0.929. The topological polar surface area (TPSA) is 73.8 Å². The van der Waals surface area contributed by atoms with Crippen LogP contribution in [-0.4, -0.2) is 56.9 Å². The highest BCUT2D eigenvalue weighted by Crippen LogP contribution is 2.30. The average Bonchev–Trinajstić information content (AvgIpc) is 2.50. The zero-order valence-electron chi connectivity index (χ0n) is 14.5. The molecule has 0 bridgehead atoms. The molecule has 1 saturated heterocycles. The summed E-state index contributed by atoms with van der Waals surface area (Å²) >= 11 is 0. The fourth-order valence-electron chi connectivity index (χ4n) is 2.32. The van der Waals surface area contributed by atoms with Crippen molar-refractivity contribution in [3.05, 3.63) is 0 Å². The van der Waals surface area contributed by atoms with Crippen LogP contribution in [0.5, 0.6) is 0 Å². The molecule has 1 atom stereocenters. The van der Waals surface area contributed by atoms with Gasteiger partial charge in [-0.05, 0) is 31.6 Å². The first-order valence-electron chi connectivity index (χ1n) is 8.02. The molecule has 0 radical (unpaired) electrons. The molecule has 142 valence electrons. The normalized spacial score (nSPS) is 20.2. The lowest BCUT2D eigenvalue weighted by Crippen LogP contribution is -2.48. The van der Waals surface area contributed by atoms with Crippen molar-refractivity contribution in [3.63, 3.8) is 0 Å². The number of piperidine rings is 1. The Morgan fingerprint density at radius 3 is 2.21 bits per heavy atom. The van der Waals surface area contributed by atoms with Gasteiger partial charge < -0.3 is 10.6 Å². The Balaban J connectivity index is 2.47. The van der Waals surface area contributed by atoms with Crippen LogP contribution in [0.25, 0.3) is 0 Å². The van der Waals surface area contributed by atoms with E-state index in [1.54, 1.807) is 7.05 Å². The molecule has 0 aromatic heterocycles. The molecule has 2 N–H and O–H groups in total. The molecule has 0 saturated carbocycles. The molecular formula is C14H27F3N4O2S. The Labute approximate surface area is 141 Å². The van der Waals surface area contributed by atoms with E-state index in [-0.39, 0.29) is 25.0 Å². The average molecular weight is 372 g/mol. The molecule has 0 aromatic carbocycles. The molecule has 0 amide bonds. The van der Waals surface area contributed by atoms with Gasteiger partial charge in [0.15, 0.2) is 5.96 Å². The molecule has 1 heterocycles. The van der Waals surface area contributed by atoms with Crippen LogP contribution in [0.1, 0.15) is 33.6 Å². The quantitative estimate of drug-likeness (QED) is 0.570. The minimum Gasteiger partial charge on any atom is -0.356 e. The number of aliphatic imine (C=N–C) groups is 1. The highest BCUT2D eigenvalue weighted by atomic mass is 32.2. The standard InChI is InChI=1S/C14H27F3N4O2S/c1-10(2)11(3)20-13(18-4)19-9-12-5-7-21(8-6-12)24(22,23)14(15,16)17/h10-12H,5-9H2,1-4H3,(H2,18,19,20). The predicted octanol–water partition coefficient (Wildman–Crippen LogP) is 1.76. The lowest BCUT2D eigenvalue weighted by molar-refractivity contribution is -0.0496. The summed E-state index contributed by atoms with van der Waals surface area (Å²) in [4.78, 5) is 4.12. The molecule has 1 aliphatic rings. The first kappa shape index (κ1) is 21.0. The summed E-state index contributed by atoms with van der Waals surface area (Å²) in [5, 5.41) is 6.40. The van der Waals surface area contributed by atoms with Crippen molar-refractivity contribution in [3.8, 4) is 0 Å². The van der Waals surface area contributed by atoms with Crippen molar-refractivity contribution in [1.29, 1.82) is 0 Å². The van der Waals surface area contributed by atoms with E-state index in [0.717, 1.165) is 0 Å². The third-order valence-electron chi connectivity index (χ3n) is 4.35. The second-order valence-electron chi connectivity index (χ2n) is 6.42. The maximum absolute atomic E-state index is 12.5. The van der Waals surface area contributed by atoms with Gasteiger partial charge in [0, 0.05) is 32.7 Å². The van der Waals surface area contributed by atoms with Gasteiger partial charge in [-0.2, -0.15) is 17.5 Å². The number of alkyl halides is 3. The Kier molecular flexibility index (Phi) is 7.33. The summed E-state index contributed by atoms with van der Waals surface area (Å²) < 4.78 is 60.9. The van der Waals surface area contributed by atoms with Crippen LogP contribution in [0.4, 0.5) is 13.2 Å². The second-order valence-corrected chi connectivity index (χ2v) is 8.35. The largest absolute Gasteiger partial charge is 0.511 e. The van der Waals surface area contributed by atoms with E-state index in [1.807, 2.05) is 6.92 Å². The van der Waals surface area contributed by atoms with Crippen molar-refractivity contribution >= 4 is 16.0 Å². The molecule has 1 unspecified atom stereocenters. The number of halogens is 3. The zero-order valence-corrected chi connectivity index (χ0v) is 15.3. The van der Waals surface area contributed by atoms with E-state index in [9.17, 15) is 21.6 Å². The Morgan fingerprint density at radius 1 is 1.25 bits per heavy atom. The summed E-state index contributed by atoms with van der Waals surface area (Å²) in [6.45, 7) is 6.54. The van der Waals surface area contributed by atoms with Crippen LogP contribution in [0, 0.1) is 11.8 Å². The van der Waals surface area contributed by atoms with Crippen LogP contribution >= 0.6 is 0 Å². The van der Waals surface area contributed by atoms with E-state index in [4.69, 9.17) is 0 Å². The van der Waals surface area contributed by atoms with Gasteiger partial charge in [-0.1, -0.05) is 13.8 Å². The monoisotopic (exact) mass is 372 g/mol. The maximum atomic E-state index is 12.5. The first-order chi connectivity index (χ1) is 11.0. The molecule has 10 heteroatoms. The van der Waals surface area contributed by atoms with Gasteiger partial charge in [-0.3, -0.25) is 4.99 Å². The highest BCUT2D eigenvalue weighted by Gasteiger charge is 2.50. The Hall–Kier alpha value is -1.03. The molecule has 1 aliphatic heterocycles. The van der Waals surface area contributed by atoms with Gasteiger partial charge >= 0.3 is 15.5 Å². The number of hydrogen-bond donors (Lipinski definition) is 2. The lowest BCUT2D eigenvalue weighted by atomic mass is 9.98. The van der Waals surface area contributed by atoms with Crippen molar-refractivity contribution in [2.24, 2.45) is 16.8 Å². The van der Waals surface area contributed by atoms with Crippen LogP contribution < -0.4 is 10.6 Å². The maximum Gasteiger partial charge on any atom is 0.511 e. The molecule has 0 aromatic rings. The first-order valence-corrected chi connectivity index (χ1v) is 9.46. The van der Waals surface area contributed by atoms with Crippen LogP contribution in [0.15, 0.2) is 4.99 Å². The number of sulfonamides is 1. The third-order valence-corrected chi connectivity index (χ3v) is 5.98. The predicted molar refractivity (Wildman–Crippen MR) is 88.1 cm³/mol. The minimum absolute atomic E-state index is 0.109. The van der Waals surface area contributed by atoms with Crippen molar-refractivity contribution in [1.82, 2.24) is 14.9 Å². The summed E-state index contributed by atoms with van der Waals surface area (Å²) in [5.41, 5.74) is -5.23. The van der Waals surface area contributed by atoms with E-state index < -0.39 is 15.5 Å². The van der Waals surface area contributed by atoms with Gasteiger partial charge in [0.2, 0.25) is 0 Å². The smallest absolute Gasteiger partial charge is 0.356 e. The van der Waals surface area contributed by atoms with Gasteiger partial charge in [0.05, 0.1) is 0 Å². The van der Waals surface area contributed by atoms with Gasteiger partial charge in [-0.25, -0.2) is 8.42 Å². The molecule has 0 aliphatic carbocycles. The van der Waals surface area contributed by atoms with E-state index in [2.05, 4.69) is 29.5 Å². The highest BCUT2D eigenvalue weighted by molar-refractivity contribution is 7.90. The third kappa shape index (κ3) is 5.51. The lowest BCUT2D eigenvalue weighted by Gasteiger charge is -2.32. The van der Waals surface area contributed by atoms with Crippen molar-refractivity contribution in [2.45, 2.75) is 45.2 Å². The number of guanidine groups is 1. The summed E-state index contributed by atoms with van der Waals surface area (Å²) in [6, 6.07) is 0.231. The van der Waals surface area contributed by atoms with Crippen LogP contribution in [-0.2, 0) is 10.0 Å². The van der Waals surface area contributed by atoms with Gasteiger partial charge in [0.1, 0.15) is 0 Å². The molecule has 1 rings (SSSR count). The van der Waals surface area contributed by atoms with Gasteiger partial charge in [-0.15, -0.1) is 0 Å². The van der Waals surface area contributed by atoms with Crippen LogP contribution in [0.3, 0.4) is 0 Å². The van der Waals surface area contributed by atoms with Crippen LogP contribution in [0.2, 0.25) is 0 Å². The summed E-state index contributed by atoms with van der Waals surface area (Å²) in [6.07, 6.45) is 0.776. The molecule has 6 nitrogen and oxygen atoms in total. The molecular weight excluding hydrogens is 345 g/mol. The SMILES string of the molecule is CN=C(NCC1CCN(S(=O)(=O)C(F)(F)F)CC1)NC(C)C(C)C. The van der Waals surface area contributed by atoms with Gasteiger partial charge in [0.25, 0.3) is 0 Å². The molecule has 0 spiro atoms. The summed E-state index contributed by atoms with van der Waals surface area (Å²) in [7, 11) is -3.55. The number of nitrogens with zero attached hydrogens (tertiary/aromatic N) is 2. The minimum atomic E-state index is -5.23. The fourth-order valence-corrected chi connectivity index (χ4v) is 3.30. The Bertz CT molecular complexity index is 527. The van der Waals surface area contributed by atoms with Crippen molar-refractivity contribution in [2.75, 3.05) is 26.7 Å². The number of rotatable bonds is 5. The number of nitrogens with one attached hydrogen (secondary N) is 2.